The van der Waals surface area contributed by atoms with E-state index in [1.807, 2.05) is 30.5 Å². The van der Waals surface area contributed by atoms with Crippen LogP contribution in [0.15, 0.2) is 36.7 Å². The van der Waals surface area contributed by atoms with Gasteiger partial charge in [-0.3, -0.25) is 4.98 Å². The molecule has 0 aliphatic carbocycles. The first-order valence-corrected chi connectivity index (χ1v) is 8.45. The van der Waals surface area contributed by atoms with Crippen molar-refractivity contribution in [2.45, 2.75) is 33.2 Å². The summed E-state index contributed by atoms with van der Waals surface area (Å²) >= 11 is 1.70. The van der Waals surface area contributed by atoms with Crippen LogP contribution >= 0.6 is 11.3 Å². The molecule has 3 aromatic heterocycles. The van der Waals surface area contributed by atoms with Crippen molar-refractivity contribution in [1.82, 2.24) is 19.9 Å². The van der Waals surface area contributed by atoms with Crippen molar-refractivity contribution in [3.05, 3.63) is 52.2 Å². The zero-order valence-corrected chi connectivity index (χ0v) is 14.3. The zero-order valence-electron chi connectivity index (χ0n) is 13.4. The molecule has 3 heterocycles. The fourth-order valence-corrected chi connectivity index (χ4v) is 2.99. The van der Waals surface area contributed by atoms with E-state index in [9.17, 15) is 0 Å². The fraction of sp³-hybridized carbons (Fsp3) is 0.294. The normalized spacial score (nSPS) is 12.1. The molecule has 0 spiro atoms. The van der Waals surface area contributed by atoms with E-state index < -0.39 is 0 Å². The molecule has 1 unspecified atom stereocenters. The molecule has 0 bridgehead atoms. The van der Waals surface area contributed by atoms with Gasteiger partial charge in [-0.1, -0.05) is 13.0 Å². The van der Waals surface area contributed by atoms with Crippen LogP contribution in [0.3, 0.4) is 0 Å². The van der Waals surface area contributed by atoms with Gasteiger partial charge in [-0.05, 0) is 32.4 Å². The SMILES string of the molecule is CCc1cc(NC(C)c2ncc(C)s2)nc(-c2ccccn2)n1. The van der Waals surface area contributed by atoms with Gasteiger partial charge in [-0.2, -0.15) is 0 Å². The van der Waals surface area contributed by atoms with Crippen LogP contribution in [0.5, 0.6) is 0 Å². The minimum Gasteiger partial charge on any atom is -0.361 e. The molecule has 3 rings (SSSR count). The highest BCUT2D eigenvalue weighted by molar-refractivity contribution is 7.11. The maximum atomic E-state index is 4.62. The Hall–Kier alpha value is -2.34. The van der Waals surface area contributed by atoms with Gasteiger partial charge in [0.15, 0.2) is 5.82 Å². The molecule has 6 heteroatoms. The summed E-state index contributed by atoms with van der Waals surface area (Å²) in [7, 11) is 0. The second-order valence-electron chi connectivity index (χ2n) is 5.31. The van der Waals surface area contributed by atoms with Gasteiger partial charge in [-0.25, -0.2) is 15.0 Å². The number of aryl methyl sites for hydroxylation is 2. The molecule has 0 aromatic carbocycles. The van der Waals surface area contributed by atoms with Crippen LogP contribution in [0.4, 0.5) is 5.82 Å². The molecular formula is C17H19N5S. The van der Waals surface area contributed by atoms with E-state index in [1.54, 1.807) is 17.5 Å². The lowest BCUT2D eigenvalue weighted by atomic mass is 10.2. The summed E-state index contributed by atoms with van der Waals surface area (Å²) in [5.41, 5.74) is 1.77. The standard InChI is InChI=1S/C17H19N5S/c1-4-13-9-15(20-12(3)17-19-10-11(2)23-17)22-16(21-13)14-7-5-6-8-18-14/h5-10,12H,4H2,1-3H3,(H,20,21,22). The van der Waals surface area contributed by atoms with Crippen LogP contribution < -0.4 is 5.32 Å². The van der Waals surface area contributed by atoms with Crippen LogP contribution in [-0.4, -0.2) is 19.9 Å². The van der Waals surface area contributed by atoms with Gasteiger partial charge in [0, 0.05) is 29.0 Å². The van der Waals surface area contributed by atoms with Crippen molar-refractivity contribution in [2.24, 2.45) is 0 Å². The number of hydrogen-bond acceptors (Lipinski definition) is 6. The van der Waals surface area contributed by atoms with E-state index >= 15 is 0 Å². The lowest BCUT2D eigenvalue weighted by molar-refractivity contribution is 0.855. The Kier molecular flexibility index (Phi) is 4.62. The van der Waals surface area contributed by atoms with E-state index in [0.717, 1.165) is 28.6 Å². The molecule has 0 aliphatic rings. The van der Waals surface area contributed by atoms with Gasteiger partial charge < -0.3 is 5.32 Å². The zero-order chi connectivity index (χ0) is 16.2. The molecule has 0 amide bonds. The van der Waals surface area contributed by atoms with E-state index in [0.29, 0.717) is 5.82 Å². The average molecular weight is 325 g/mol. The minimum absolute atomic E-state index is 0.102. The summed E-state index contributed by atoms with van der Waals surface area (Å²) < 4.78 is 0. The first kappa shape index (κ1) is 15.6. The van der Waals surface area contributed by atoms with Gasteiger partial charge in [0.1, 0.15) is 16.5 Å². The molecule has 118 valence electrons. The lowest BCUT2D eigenvalue weighted by Crippen LogP contribution is -2.09. The highest BCUT2D eigenvalue weighted by Gasteiger charge is 2.12. The summed E-state index contributed by atoms with van der Waals surface area (Å²) in [5, 5.41) is 4.48. The van der Waals surface area contributed by atoms with Gasteiger partial charge in [-0.15, -0.1) is 11.3 Å². The Morgan fingerprint density at radius 3 is 2.74 bits per heavy atom. The Labute approximate surface area is 139 Å². The number of anilines is 1. The molecule has 1 atom stereocenters. The number of nitrogens with zero attached hydrogens (tertiary/aromatic N) is 4. The summed E-state index contributed by atoms with van der Waals surface area (Å²) in [5.74, 6) is 1.45. The predicted molar refractivity (Wildman–Crippen MR) is 93.5 cm³/mol. The van der Waals surface area contributed by atoms with Gasteiger partial charge >= 0.3 is 0 Å². The second kappa shape index (κ2) is 6.83. The third kappa shape index (κ3) is 3.71. The highest BCUT2D eigenvalue weighted by Crippen LogP contribution is 2.24. The summed E-state index contributed by atoms with van der Waals surface area (Å²) in [4.78, 5) is 19.2. The Balaban J connectivity index is 1.90. The lowest BCUT2D eigenvalue weighted by Gasteiger charge is -2.13. The third-order valence-electron chi connectivity index (χ3n) is 3.41. The van der Waals surface area contributed by atoms with E-state index in [2.05, 4.69) is 46.0 Å². The number of rotatable bonds is 5. The highest BCUT2D eigenvalue weighted by atomic mass is 32.1. The molecule has 0 saturated carbocycles. The monoisotopic (exact) mass is 325 g/mol. The van der Waals surface area contributed by atoms with Crippen LogP contribution in [0, 0.1) is 6.92 Å². The number of thiazole rings is 1. The number of aromatic nitrogens is 4. The van der Waals surface area contributed by atoms with Crippen molar-refractivity contribution < 1.29 is 0 Å². The van der Waals surface area contributed by atoms with Crippen molar-refractivity contribution in [3.8, 4) is 11.5 Å². The van der Waals surface area contributed by atoms with Crippen LogP contribution in [0.1, 0.15) is 35.5 Å². The Morgan fingerprint density at radius 2 is 2.09 bits per heavy atom. The minimum atomic E-state index is 0.102. The molecular weight excluding hydrogens is 306 g/mol. The maximum absolute atomic E-state index is 4.62. The molecule has 23 heavy (non-hydrogen) atoms. The third-order valence-corrected chi connectivity index (χ3v) is 4.50. The van der Waals surface area contributed by atoms with Gasteiger partial charge in [0.2, 0.25) is 0 Å². The van der Waals surface area contributed by atoms with Crippen molar-refractivity contribution >= 4 is 17.2 Å². The topological polar surface area (TPSA) is 63.6 Å². The maximum Gasteiger partial charge on any atom is 0.180 e. The van der Waals surface area contributed by atoms with Crippen molar-refractivity contribution in [1.29, 1.82) is 0 Å². The summed E-state index contributed by atoms with van der Waals surface area (Å²) in [6, 6.07) is 7.84. The molecule has 0 radical (unpaired) electrons. The average Bonchev–Trinajstić information content (AvgIpc) is 3.02. The number of nitrogens with one attached hydrogen (secondary N) is 1. The van der Waals surface area contributed by atoms with Crippen LogP contribution in [0.2, 0.25) is 0 Å². The smallest absolute Gasteiger partial charge is 0.180 e. The molecule has 5 nitrogen and oxygen atoms in total. The molecule has 3 aromatic rings. The number of hydrogen-bond donors (Lipinski definition) is 1. The first-order chi connectivity index (χ1) is 11.2. The van der Waals surface area contributed by atoms with E-state index in [-0.39, 0.29) is 6.04 Å². The Bertz CT molecular complexity index is 785. The second-order valence-corrected chi connectivity index (χ2v) is 6.58. The van der Waals surface area contributed by atoms with Crippen molar-refractivity contribution in [3.63, 3.8) is 0 Å². The first-order valence-electron chi connectivity index (χ1n) is 7.64. The molecule has 0 saturated heterocycles. The summed E-state index contributed by atoms with van der Waals surface area (Å²) in [6.07, 6.45) is 4.50. The molecule has 0 fully saturated rings. The van der Waals surface area contributed by atoms with Gasteiger partial charge in [0.25, 0.3) is 0 Å². The quantitative estimate of drug-likeness (QED) is 0.767. The van der Waals surface area contributed by atoms with E-state index in [1.165, 1.54) is 4.88 Å². The molecule has 1 N–H and O–H groups in total. The number of pyridine rings is 1. The van der Waals surface area contributed by atoms with Crippen molar-refractivity contribution in [2.75, 3.05) is 5.32 Å². The van der Waals surface area contributed by atoms with Crippen LogP contribution in [-0.2, 0) is 6.42 Å². The fourth-order valence-electron chi connectivity index (χ4n) is 2.22. The van der Waals surface area contributed by atoms with E-state index in [4.69, 9.17) is 0 Å². The Morgan fingerprint density at radius 1 is 1.22 bits per heavy atom. The largest absolute Gasteiger partial charge is 0.361 e. The molecule has 0 aliphatic heterocycles. The predicted octanol–water partition coefficient (Wildman–Crippen LogP) is 4.04. The van der Waals surface area contributed by atoms with Crippen LogP contribution in [0.25, 0.3) is 11.5 Å². The van der Waals surface area contributed by atoms with Gasteiger partial charge in [0.05, 0.1) is 6.04 Å². The summed E-state index contributed by atoms with van der Waals surface area (Å²) in [6.45, 7) is 6.24.